The van der Waals surface area contributed by atoms with Crippen molar-refractivity contribution in [3.63, 3.8) is 0 Å². The van der Waals surface area contributed by atoms with E-state index in [0.29, 0.717) is 18.9 Å². The van der Waals surface area contributed by atoms with Crippen LogP contribution in [0.1, 0.15) is 26.7 Å². The van der Waals surface area contributed by atoms with Crippen molar-refractivity contribution in [2.75, 3.05) is 40.3 Å². The largest absolute Gasteiger partial charge is 0.341 e. The predicted octanol–water partition coefficient (Wildman–Crippen LogP) is 0.772. The van der Waals surface area contributed by atoms with Gasteiger partial charge >= 0.3 is 0 Å². The molecule has 0 fully saturated rings. The molecule has 0 atom stereocenters. The third kappa shape index (κ3) is 7.65. The molecule has 0 aliphatic carbocycles. The standard InChI is InChI=1S/C12H27N3O/c1-11(2)10-15(9-8-14(3)4)12(16)6-5-7-13/h11H,5-10,13H2,1-4H3. The Bertz CT molecular complexity index is 193. The average molecular weight is 229 g/mol. The lowest BCUT2D eigenvalue weighted by molar-refractivity contribution is -0.132. The second-order valence-corrected chi connectivity index (χ2v) is 4.93. The molecule has 0 aromatic rings. The van der Waals surface area contributed by atoms with Crippen molar-refractivity contribution in [3.8, 4) is 0 Å². The minimum absolute atomic E-state index is 0.237. The summed E-state index contributed by atoms with van der Waals surface area (Å²) in [6.45, 7) is 7.44. The van der Waals surface area contributed by atoms with E-state index in [2.05, 4.69) is 18.7 Å². The van der Waals surface area contributed by atoms with Crippen molar-refractivity contribution in [2.45, 2.75) is 26.7 Å². The molecule has 96 valence electrons. The minimum Gasteiger partial charge on any atom is -0.341 e. The minimum atomic E-state index is 0.237. The quantitative estimate of drug-likeness (QED) is 0.669. The topological polar surface area (TPSA) is 49.6 Å². The highest BCUT2D eigenvalue weighted by molar-refractivity contribution is 5.76. The lowest BCUT2D eigenvalue weighted by Gasteiger charge is -2.26. The fraction of sp³-hybridized carbons (Fsp3) is 0.917. The Morgan fingerprint density at radius 2 is 1.88 bits per heavy atom. The first kappa shape index (κ1) is 15.4. The molecule has 0 aliphatic rings. The van der Waals surface area contributed by atoms with Crippen molar-refractivity contribution in [2.24, 2.45) is 11.7 Å². The highest BCUT2D eigenvalue weighted by atomic mass is 16.2. The first-order valence-electron chi connectivity index (χ1n) is 6.10. The van der Waals surface area contributed by atoms with Crippen LogP contribution in [0.5, 0.6) is 0 Å². The normalized spacial score (nSPS) is 11.2. The second-order valence-electron chi connectivity index (χ2n) is 4.93. The molecule has 4 nitrogen and oxygen atoms in total. The lowest BCUT2D eigenvalue weighted by atomic mass is 10.2. The van der Waals surface area contributed by atoms with E-state index in [1.165, 1.54) is 0 Å². The van der Waals surface area contributed by atoms with Gasteiger partial charge in [0.2, 0.25) is 5.91 Å². The molecule has 0 aromatic heterocycles. The van der Waals surface area contributed by atoms with Gasteiger partial charge in [-0.1, -0.05) is 13.8 Å². The Balaban J connectivity index is 4.12. The van der Waals surface area contributed by atoms with E-state index in [9.17, 15) is 4.79 Å². The monoisotopic (exact) mass is 229 g/mol. The van der Waals surface area contributed by atoms with Gasteiger partial charge in [-0.25, -0.2) is 0 Å². The summed E-state index contributed by atoms with van der Waals surface area (Å²) in [5, 5.41) is 0. The maximum absolute atomic E-state index is 11.9. The number of hydrogen-bond donors (Lipinski definition) is 1. The van der Waals surface area contributed by atoms with Crippen LogP contribution in [0, 0.1) is 5.92 Å². The third-order valence-electron chi connectivity index (χ3n) is 2.35. The fourth-order valence-electron chi connectivity index (χ4n) is 1.49. The Labute approximate surface area is 99.8 Å². The van der Waals surface area contributed by atoms with Gasteiger partial charge < -0.3 is 15.5 Å². The van der Waals surface area contributed by atoms with Crippen LogP contribution in [-0.4, -0.2) is 56.0 Å². The molecule has 0 saturated heterocycles. The van der Waals surface area contributed by atoms with Crippen LogP contribution in [0.25, 0.3) is 0 Å². The molecule has 0 unspecified atom stereocenters. The van der Waals surface area contributed by atoms with Gasteiger partial charge in [0.05, 0.1) is 0 Å². The Kier molecular flexibility index (Phi) is 8.21. The average Bonchev–Trinajstić information content (AvgIpc) is 2.19. The number of likely N-dealkylation sites (N-methyl/N-ethyl adjacent to an activating group) is 1. The van der Waals surface area contributed by atoms with E-state index in [0.717, 1.165) is 26.1 Å². The number of amides is 1. The molecule has 0 saturated carbocycles. The molecule has 2 N–H and O–H groups in total. The van der Waals surface area contributed by atoms with Crippen LogP contribution in [0.4, 0.5) is 0 Å². The Hall–Kier alpha value is -0.610. The molecule has 0 aromatic carbocycles. The molecule has 1 amide bonds. The number of rotatable bonds is 8. The molecule has 0 bridgehead atoms. The van der Waals surface area contributed by atoms with Crippen LogP contribution in [0.2, 0.25) is 0 Å². The van der Waals surface area contributed by atoms with Crippen molar-refractivity contribution in [1.82, 2.24) is 9.80 Å². The Morgan fingerprint density at radius 3 is 2.31 bits per heavy atom. The maximum atomic E-state index is 11.9. The zero-order chi connectivity index (χ0) is 12.6. The van der Waals surface area contributed by atoms with Gasteiger partial charge in [-0.2, -0.15) is 0 Å². The zero-order valence-electron chi connectivity index (χ0n) is 11.2. The molecular formula is C12H27N3O. The van der Waals surface area contributed by atoms with Crippen molar-refractivity contribution in [3.05, 3.63) is 0 Å². The molecular weight excluding hydrogens is 202 g/mol. The summed E-state index contributed by atoms with van der Waals surface area (Å²) in [6.07, 6.45) is 1.37. The SMILES string of the molecule is CC(C)CN(CCN(C)C)C(=O)CCCN. The van der Waals surface area contributed by atoms with E-state index in [4.69, 9.17) is 5.73 Å². The van der Waals surface area contributed by atoms with E-state index in [1.54, 1.807) is 0 Å². The van der Waals surface area contributed by atoms with Gasteiger partial charge in [0, 0.05) is 26.1 Å². The zero-order valence-corrected chi connectivity index (χ0v) is 11.2. The first-order chi connectivity index (χ1) is 7.47. The summed E-state index contributed by atoms with van der Waals surface area (Å²) in [5.41, 5.74) is 5.42. The highest BCUT2D eigenvalue weighted by Gasteiger charge is 2.14. The molecule has 0 rings (SSSR count). The molecule has 0 spiro atoms. The smallest absolute Gasteiger partial charge is 0.222 e. The molecule has 0 radical (unpaired) electrons. The number of carbonyl (C=O) groups excluding carboxylic acids is 1. The van der Waals surface area contributed by atoms with Gasteiger partial charge in [-0.15, -0.1) is 0 Å². The predicted molar refractivity (Wildman–Crippen MR) is 68.3 cm³/mol. The van der Waals surface area contributed by atoms with Gasteiger partial charge in [0.1, 0.15) is 0 Å². The summed E-state index contributed by atoms with van der Waals surface area (Å²) in [6, 6.07) is 0. The number of nitrogens with two attached hydrogens (primary N) is 1. The fourth-order valence-corrected chi connectivity index (χ4v) is 1.49. The van der Waals surface area contributed by atoms with E-state index >= 15 is 0 Å². The van der Waals surface area contributed by atoms with Gasteiger partial charge in [-0.05, 0) is 33.0 Å². The summed E-state index contributed by atoms with van der Waals surface area (Å²) >= 11 is 0. The lowest BCUT2D eigenvalue weighted by Crippen LogP contribution is -2.39. The molecule has 16 heavy (non-hydrogen) atoms. The van der Waals surface area contributed by atoms with Crippen LogP contribution in [0.3, 0.4) is 0 Å². The van der Waals surface area contributed by atoms with Crippen molar-refractivity contribution in [1.29, 1.82) is 0 Å². The number of carbonyl (C=O) groups is 1. The maximum Gasteiger partial charge on any atom is 0.222 e. The highest BCUT2D eigenvalue weighted by Crippen LogP contribution is 2.03. The van der Waals surface area contributed by atoms with Crippen molar-refractivity contribution >= 4 is 5.91 Å². The number of nitrogens with zero attached hydrogens (tertiary/aromatic N) is 2. The first-order valence-corrected chi connectivity index (χ1v) is 6.10. The van der Waals surface area contributed by atoms with Gasteiger partial charge in [-0.3, -0.25) is 4.79 Å². The number of hydrogen-bond acceptors (Lipinski definition) is 3. The van der Waals surface area contributed by atoms with Gasteiger partial charge in [0.25, 0.3) is 0 Å². The van der Waals surface area contributed by atoms with E-state index < -0.39 is 0 Å². The summed E-state index contributed by atoms with van der Waals surface area (Å²) in [5.74, 6) is 0.755. The summed E-state index contributed by atoms with van der Waals surface area (Å²) in [4.78, 5) is 16.0. The van der Waals surface area contributed by atoms with Crippen LogP contribution in [0.15, 0.2) is 0 Å². The molecule has 0 heterocycles. The molecule has 0 aliphatic heterocycles. The Morgan fingerprint density at radius 1 is 1.25 bits per heavy atom. The summed E-state index contributed by atoms with van der Waals surface area (Å²) in [7, 11) is 4.05. The van der Waals surface area contributed by atoms with E-state index in [-0.39, 0.29) is 5.91 Å². The van der Waals surface area contributed by atoms with Crippen LogP contribution >= 0.6 is 0 Å². The van der Waals surface area contributed by atoms with Crippen LogP contribution in [-0.2, 0) is 4.79 Å². The van der Waals surface area contributed by atoms with Crippen LogP contribution < -0.4 is 5.73 Å². The van der Waals surface area contributed by atoms with Crippen molar-refractivity contribution < 1.29 is 4.79 Å². The second kappa shape index (κ2) is 8.53. The third-order valence-corrected chi connectivity index (χ3v) is 2.35. The molecule has 4 heteroatoms. The van der Waals surface area contributed by atoms with E-state index in [1.807, 2.05) is 19.0 Å². The summed E-state index contributed by atoms with van der Waals surface area (Å²) < 4.78 is 0. The van der Waals surface area contributed by atoms with Gasteiger partial charge in [0.15, 0.2) is 0 Å².